The number of amides is 2. The summed E-state index contributed by atoms with van der Waals surface area (Å²) in [6.45, 7) is 12.4. The Hall–Kier alpha value is -2.34. The third-order valence-electron chi connectivity index (χ3n) is 8.54. The van der Waals surface area contributed by atoms with E-state index in [9.17, 15) is 9.59 Å². The minimum atomic E-state index is 0.179. The molecule has 0 N–H and O–H groups in total. The van der Waals surface area contributed by atoms with E-state index in [1.54, 1.807) is 7.11 Å². The van der Waals surface area contributed by atoms with Crippen LogP contribution in [0.3, 0.4) is 0 Å². The lowest BCUT2D eigenvalue weighted by atomic mass is 9.49. The molecule has 2 atom stereocenters. The average Bonchev–Trinajstić information content (AvgIpc) is 2.86. The van der Waals surface area contributed by atoms with E-state index in [0.29, 0.717) is 24.2 Å². The third kappa shape index (κ3) is 5.32. The summed E-state index contributed by atoms with van der Waals surface area (Å²) in [4.78, 5) is 31.9. The molecule has 1 aromatic carbocycles. The van der Waals surface area contributed by atoms with Gasteiger partial charge in [0.25, 0.3) is 0 Å². The second kappa shape index (κ2) is 10.5. The number of allylic oxidation sites excluding steroid dienone is 1. The molecule has 3 aliphatic carbocycles. The molecule has 6 heteroatoms. The number of rotatable bonds is 9. The second-order valence-electron chi connectivity index (χ2n) is 10.7. The summed E-state index contributed by atoms with van der Waals surface area (Å²) in [6.07, 6.45) is 5.85. The number of carbonyl (C=O) groups is 2. The summed E-state index contributed by atoms with van der Waals surface area (Å²) in [6, 6.07) is 7.72. The van der Waals surface area contributed by atoms with Crippen molar-refractivity contribution < 1.29 is 14.3 Å². The van der Waals surface area contributed by atoms with Gasteiger partial charge in [-0.3, -0.25) is 14.5 Å². The highest BCUT2D eigenvalue weighted by Gasteiger charge is 2.51. The van der Waals surface area contributed by atoms with Crippen molar-refractivity contribution in [3.63, 3.8) is 0 Å². The normalized spacial score (nSPS) is 23.6. The van der Waals surface area contributed by atoms with Gasteiger partial charge in [0, 0.05) is 52.2 Å². The first-order valence-electron chi connectivity index (χ1n) is 12.9. The number of methoxy groups -OCH3 is 1. The lowest BCUT2D eigenvalue weighted by Gasteiger charge is -2.57. The van der Waals surface area contributed by atoms with Crippen LogP contribution >= 0.6 is 0 Å². The number of carbonyl (C=O) groups excluding carboxylic acids is 2. The zero-order valence-corrected chi connectivity index (χ0v) is 21.4. The molecule has 1 saturated heterocycles. The quantitative estimate of drug-likeness (QED) is 0.521. The molecule has 2 amide bonds. The molecule has 1 aliphatic heterocycles. The van der Waals surface area contributed by atoms with E-state index in [2.05, 4.69) is 29.7 Å². The van der Waals surface area contributed by atoms with Crippen molar-refractivity contribution in [2.24, 2.45) is 17.3 Å². The van der Waals surface area contributed by atoms with E-state index in [-0.39, 0.29) is 11.8 Å². The summed E-state index contributed by atoms with van der Waals surface area (Å²) in [5.41, 5.74) is 2.88. The molecule has 6 nitrogen and oxygen atoms in total. The number of hydrogen-bond donors (Lipinski definition) is 0. The number of ether oxygens (including phenoxy) is 1. The Balaban J connectivity index is 1.24. The standard InChI is InChI=1S/C28H41N3O3/c1-5-26(32)31(20-22-8-9-23-19-25(22)28(23,2)3)17-14-29-12-15-30(16-13-29)27(33)18-21-6-10-24(34-4)11-7-21/h6-8,10-11,23,25H,5,9,12-20H2,1-4H3. The smallest absolute Gasteiger partial charge is 0.227 e. The Morgan fingerprint density at radius 3 is 2.41 bits per heavy atom. The fraction of sp³-hybridized carbons (Fsp3) is 0.643. The first-order chi connectivity index (χ1) is 16.3. The molecule has 1 aromatic rings. The maximum absolute atomic E-state index is 12.7. The molecule has 4 aliphatic rings. The lowest BCUT2D eigenvalue weighted by Crippen LogP contribution is -2.52. The van der Waals surface area contributed by atoms with Gasteiger partial charge in [-0.25, -0.2) is 0 Å². The largest absolute Gasteiger partial charge is 0.497 e. The zero-order valence-electron chi connectivity index (χ0n) is 21.4. The van der Waals surface area contributed by atoms with E-state index in [0.717, 1.165) is 63.0 Å². The number of nitrogens with zero attached hydrogens (tertiary/aromatic N) is 3. The van der Waals surface area contributed by atoms with Crippen LogP contribution in [-0.4, -0.2) is 79.4 Å². The van der Waals surface area contributed by atoms with Crippen molar-refractivity contribution in [3.05, 3.63) is 41.5 Å². The van der Waals surface area contributed by atoms with Crippen LogP contribution in [0.15, 0.2) is 35.9 Å². The van der Waals surface area contributed by atoms with E-state index in [1.165, 1.54) is 18.4 Å². The highest BCUT2D eigenvalue weighted by molar-refractivity contribution is 5.79. The van der Waals surface area contributed by atoms with Gasteiger partial charge in [-0.05, 0) is 47.8 Å². The highest BCUT2D eigenvalue weighted by atomic mass is 16.5. The minimum absolute atomic E-state index is 0.179. The molecule has 0 aromatic heterocycles. The Bertz CT molecular complexity index is 900. The Kier molecular flexibility index (Phi) is 7.66. The van der Waals surface area contributed by atoms with E-state index in [1.807, 2.05) is 36.1 Å². The van der Waals surface area contributed by atoms with Gasteiger partial charge in [-0.1, -0.05) is 44.6 Å². The highest BCUT2D eigenvalue weighted by Crippen LogP contribution is 2.59. The lowest BCUT2D eigenvalue weighted by molar-refractivity contribution is -0.132. The van der Waals surface area contributed by atoms with Crippen LogP contribution in [0.2, 0.25) is 0 Å². The van der Waals surface area contributed by atoms with Crippen molar-refractivity contribution in [2.45, 2.75) is 46.5 Å². The summed E-state index contributed by atoms with van der Waals surface area (Å²) < 4.78 is 5.19. The van der Waals surface area contributed by atoms with Crippen molar-refractivity contribution in [1.29, 1.82) is 0 Å². The molecule has 5 rings (SSSR count). The molecular formula is C28H41N3O3. The summed E-state index contributed by atoms with van der Waals surface area (Å²) in [7, 11) is 1.65. The van der Waals surface area contributed by atoms with Gasteiger partial charge in [0.1, 0.15) is 5.75 Å². The van der Waals surface area contributed by atoms with Crippen molar-refractivity contribution in [2.75, 3.05) is 52.9 Å². The SMILES string of the molecule is CCC(=O)N(CCN1CCN(C(=O)Cc2ccc(OC)cc2)CC1)CC1=CCC2CC1C2(C)C. The minimum Gasteiger partial charge on any atom is -0.497 e. The molecule has 186 valence electrons. The molecular weight excluding hydrogens is 426 g/mol. The van der Waals surface area contributed by atoms with Gasteiger partial charge in [0.05, 0.1) is 13.5 Å². The number of piperazine rings is 1. The molecule has 2 unspecified atom stereocenters. The van der Waals surface area contributed by atoms with E-state index >= 15 is 0 Å². The fourth-order valence-electron chi connectivity index (χ4n) is 5.90. The number of hydrogen-bond acceptors (Lipinski definition) is 4. The van der Waals surface area contributed by atoms with Gasteiger partial charge in [-0.2, -0.15) is 0 Å². The summed E-state index contributed by atoms with van der Waals surface area (Å²) >= 11 is 0. The van der Waals surface area contributed by atoms with Crippen LogP contribution in [0, 0.1) is 17.3 Å². The van der Waals surface area contributed by atoms with Gasteiger partial charge < -0.3 is 14.5 Å². The molecule has 0 radical (unpaired) electrons. The first-order valence-corrected chi connectivity index (χ1v) is 12.9. The maximum atomic E-state index is 12.7. The van der Waals surface area contributed by atoms with Crippen molar-refractivity contribution in [3.8, 4) is 5.75 Å². The monoisotopic (exact) mass is 467 g/mol. The van der Waals surface area contributed by atoms with Crippen LogP contribution < -0.4 is 4.74 Å². The van der Waals surface area contributed by atoms with E-state index < -0.39 is 0 Å². The van der Waals surface area contributed by atoms with Gasteiger partial charge in [0.2, 0.25) is 11.8 Å². The number of benzene rings is 1. The Morgan fingerprint density at radius 1 is 1.12 bits per heavy atom. The van der Waals surface area contributed by atoms with Gasteiger partial charge in [0.15, 0.2) is 0 Å². The second-order valence-corrected chi connectivity index (χ2v) is 10.7. The number of fused-ring (bicyclic) bond motifs is 1. The fourth-order valence-corrected chi connectivity index (χ4v) is 5.90. The van der Waals surface area contributed by atoms with Crippen molar-refractivity contribution >= 4 is 11.8 Å². The maximum Gasteiger partial charge on any atom is 0.227 e. The molecule has 2 bridgehead atoms. The predicted octanol–water partition coefficient (Wildman–Crippen LogP) is 3.61. The Morgan fingerprint density at radius 2 is 1.82 bits per heavy atom. The molecule has 34 heavy (non-hydrogen) atoms. The Labute approximate surface area is 204 Å². The van der Waals surface area contributed by atoms with Crippen LogP contribution in [0.5, 0.6) is 5.75 Å². The van der Waals surface area contributed by atoms with Crippen molar-refractivity contribution in [1.82, 2.24) is 14.7 Å². The summed E-state index contributed by atoms with van der Waals surface area (Å²) in [5, 5.41) is 0. The molecule has 2 fully saturated rings. The van der Waals surface area contributed by atoms with E-state index in [4.69, 9.17) is 4.74 Å². The van der Waals surface area contributed by atoms with Gasteiger partial charge in [-0.15, -0.1) is 0 Å². The first kappa shape index (κ1) is 24.8. The summed E-state index contributed by atoms with van der Waals surface area (Å²) in [5.74, 6) is 2.69. The van der Waals surface area contributed by atoms with Gasteiger partial charge >= 0.3 is 0 Å². The molecule has 1 saturated carbocycles. The molecule has 0 spiro atoms. The van der Waals surface area contributed by atoms with Crippen LogP contribution in [0.25, 0.3) is 0 Å². The van der Waals surface area contributed by atoms with Crippen LogP contribution in [-0.2, 0) is 16.0 Å². The van der Waals surface area contributed by atoms with Crippen LogP contribution in [0.4, 0.5) is 0 Å². The average molecular weight is 468 g/mol. The zero-order chi connectivity index (χ0) is 24.3. The predicted molar refractivity (Wildman–Crippen MR) is 135 cm³/mol. The topological polar surface area (TPSA) is 53.1 Å². The third-order valence-corrected chi connectivity index (χ3v) is 8.54. The van der Waals surface area contributed by atoms with Crippen LogP contribution in [0.1, 0.15) is 45.6 Å². The molecule has 1 heterocycles.